The van der Waals surface area contributed by atoms with Crippen molar-refractivity contribution in [3.05, 3.63) is 53.1 Å². The third kappa shape index (κ3) is 5.86. The summed E-state index contributed by atoms with van der Waals surface area (Å²) < 4.78 is 40.8. The molecule has 0 saturated carbocycles. The summed E-state index contributed by atoms with van der Waals surface area (Å²) in [5.74, 6) is -0.393. The summed E-state index contributed by atoms with van der Waals surface area (Å²) in [6.45, 7) is 5.02. The zero-order chi connectivity index (χ0) is 27.7. The van der Waals surface area contributed by atoms with Crippen molar-refractivity contribution in [2.24, 2.45) is 5.10 Å². The molecule has 3 atom stereocenters. The molecule has 0 bridgehead atoms. The number of hydrogen-bond donors (Lipinski definition) is 3. The number of aliphatic hydroxyl groups is 1. The molecule has 3 aromatic heterocycles. The summed E-state index contributed by atoms with van der Waals surface area (Å²) in [5, 5.41) is 28.2. The number of ether oxygens (including phenoxy) is 2. The lowest BCUT2D eigenvalue weighted by Gasteiger charge is -2.42. The number of fused-ring (bicyclic) bond motifs is 1. The maximum absolute atomic E-state index is 15.0. The van der Waals surface area contributed by atoms with E-state index < -0.39 is 23.6 Å². The van der Waals surface area contributed by atoms with Crippen molar-refractivity contribution in [3.8, 4) is 5.75 Å². The first-order valence-electron chi connectivity index (χ1n) is 12.5. The Labute approximate surface area is 228 Å². The number of nitrogens with one attached hydrogen (secondary N) is 2. The van der Waals surface area contributed by atoms with E-state index in [2.05, 4.69) is 30.5 Å². The molecule has 0 spiro atoms. The van der Waals surface area contributed by atoms with Crippen molar-refractivity contribution in [1.29, 1.82) is 5.41 Å². The van der Waals surface area contributed by atoms with Crippen LogP contribution in [0.5, 0.6) is 5.75 Å². The second-order valence-electron chi connectivity index (χ2n) is 9.98. The molecular formula is C25H29ClF2N8O3. The number of hydrazone groups is 1. The fourth-order valence-electron chi connectivity index (χ4n) is 4.51. The predicted molar refractivity (Wildman–Crippen MR) is 140 cm³/mol. The average Bonchev–Trinajstić information content (AvgIpc) is 3.23. The molecule has 5 rings (SSSR count). The van der Waals surface area contributed by atoms with Crippen LogP contribution in [0.2, 0.25) is 5.02 Å². The van der Waals surface area contributed by atoms with Gasteiger partial charge in [-0.2, -0.15) is 10.2 Å². The average molecular weight is 563 g/mol. The number of piperidine rings is 1. The standard InChI is InChI=1S/C25H29ClF2N8O3/c1-14(29)22(34-33-20-3-4-35(10-19(20)28)17-11-38-12-17)15-5-21(23-18(26)8-32-36(23)9-15)39-13-25(2,37)24-30-6-16(27)7-31-24/h5-9,17,19-20,29,33,37H,3-4,10-13H2,1-2H3/b29-14?,34-22+/t19-,20?,25?/m0/s1. The second kappa shape index (κ2) is 11.1. The molecule has 39 heavy (non-hydrogen) atoms. The third-order valence-electron chi connectivity index (χ3n) is 6.82. The van der Waals surface area contributed by atoms with Gasteiger partial charge >= 0.3 is 0 Å². The van der Waals surface area contributed by atoms with Crippen LogP contribution in [0, 0.1) is 11.2 Å². The van der Waals surface area contributed by atoms with Crippen LogP contribution in [-0.2, 0) is 10.3 Å². The molecule has 2 saturated heterocycles. The van der Waals surface area contributed by atoms with Crippen LogP contribution in [-0.4, -0.2) is 92.2 Å². The molecule has 14 heteroatoms. The van der Waals surface area contributed by atoms with Gasteiger partial charge in [-0.05, 0) is 26.3 Å². The smallest absolute Gasteiger partial charge is 0.163 e. The van der Waals surface area contributed by atoms with E-state index in [9.17, 15) is 13.9 Å². The summed E-state index contributed by atoms with van der Waals surface area (Å²) in [6, 6.07) is 1.39. The summed E-state index contributed by atoms with van der Waals surface area (Å²) in [4.78, 5) is 9.79. The van der Waals surface area contributed by atoms with Crippen molar-refractivity contribution in [2.45, 2.75) is 44.1 Å². The Bertz CT molecular complexity index is 1380. The molecule has 2 aliphatic heterocycles. The van der Waals surface area contributed by atoms with Crippen LogP contribution in [0.3, 0.4) is 0 Å². The Morgan fingerprint density at radius 3 is 2.74 bits per heavy atom. The zero-order valence-electron chi connectivity index (χ0n) is 21.4. The molecule has 5 heterocycles. The molecule has 11 nitrogen and oxygen atoms in total. The minimum absolute atomic E-state index is 0.0193. The fraction of sp³-hybridized carbons (Fsp3) is 0.480. The van der Waals surface area contributed by atoms with E-state index in [0.29, 0.717) is 42.3 Å². The Morgan fingerprint density at radius 2 is 2.10 bits per heavy atom. The molecule has 3 N–H and O–H groups in total. The molecule has 0 aliphatic carbocycles. The molecule has 208 valence electrons. The van der Waals surface area contributed by atoms with Gasteiger partial charge in [0.1, 0.15) is 29.8 Å². The van der Waals surface area contributed by atoms with E-state index >= 15 is 0 Å². The molecule has 0 radical (unpaired) electrons. The van der Waals surface area contributed by atoms with Gasteiger partial charge in [0.2, 0.25) is 0 Å². The highest BCUT2D eigenvalue weighted by atomic mass is 35.5. The molecular weight excluding hydrogens is 534 g/mol. The van der Waals surface area contributed by atoms with Crippen molar-refractivity contribution in [3.63, 3.8) is 0 Å². The van der Waals surface area contributed by atoms with Crippen LogP contribution in [0.4, 0.5) is 8.78 Å². The van der Waals surface area contributed by atoms with Crippen molar-refractivity contribution in [1.82, 2.24) is 29.9 Å². The maximum Gasteiger partial charge on any atom is 0.163 e. The van der Waals surface area contributed by atoms with E-state index in [0.717, 1.165) is 18.9 Å². The number of likely N-dealkylation sites (tertiary alicyclic amines) is 1. The largest absolute Gasteiger partial charge is 0.488 e. The molecule has 2 fully saturated rings. The highest BCUT2D eigenvalue weighted by molar-refractivity contribution is 6.46. The Hall–Kier alpha value is -3.26. The first-order valence-corrected chi connectivity index (χ1v) is 12.8. The monoisotopic (exact) mass is 562 g/mol. The zero-order valence-corrected chi connectivity index (χ0v) is 22.2. The van der Waals surface area contributed by atoms with Crippen LogP contribution < -0.4 is 10.2 Å². The highest BCUT2D eigenvalue weighted by Crippen LogP contribution is 2.30. The van der Waals surface area contributed by atoms with E-state index in [1.54, 1.807) is 19.2 Å². The van der Waals surface area contributed by atoms with Gasteiger partial charge in [0.15, 0.2) is 17.2 Å². The van der Waals surface area contributed by atoms with Crippen LogP contribution in [0.1, 0.15) is 31.7 Å². The predicted octanol–water partition coefficient (Wildman–Crippen LogP) is 2.35. The Kier molecular flexibility index (Phi) is 7.76. The number of halogens is 3. The van der Waals surface area contributed by atoms with E-state index in [1.165, 1.54) is 17.6 Å². The third-order valence-corrected chi connectivity index (χ3v) is 7.10. The Balaban J connectivity index is 1.37. The minimum Gasteiger partial charge on any atom is -0.488 e. The lowest BCUT2D eigenvalue weighted by atomic mass is 10.0. The van der Waals surface area contributed by atoms with Crippen molar-refractivity contribution >= 4 is 28.5 Å². The SMILES string of the molecule is CC(=N)/C(=N\NC1CCN(C2COC2)C[C@@H]1F)c1cc(OCC(C)(O)c2ncc(F)cn2)c2c(Cl)cnn2c1. The quantitative estimate of drug-likeness (QED) is 0.267. The summed E-state index contributed by atoms with van der Waals surface area (Å²) in [6.07, 6.45) is 4.43. The number of alkyl halides is 1. The van der Waals surface area contributed by atoms with Crippen LogP contribution in [0.25, 0.3) is 5.52 Å². The van der Waals surface area contributed by atoms with Crippen molar-refractivity contribution in [2.75, 3.05) is 32.9 Å². The van der Waals surface area contributed by atoms with Gasteiger partial charge in [-0.15, -0.1) is 0 Å². The van der Waals surface area contributed by atoms with Gasteiger partial charge in [-0.25, -0.2) is 23.3 Å². The topological polar surface area (TPSA) is 133 Å². The van der Waals surface area contributed by atoms with Gasteiger partial charge in [-0.3, -0.25) is 4.90 Å². The number of hydrogen-bond acceptors (Lipinski definition) is 10. The minimum atomic E-state index is -1.65. The molecule has 0 amide bonds. The first-order chi connectivity index (χ1) is 18.6. The maximum atomic E-state index is 15.0. The number of pyridine rings is 1. The molecule has 3 aromatic rings. The van der Waals surface area contributed by atoms with Crippen molar-refractivity contribution < 1.29 is 23.4 Å². The number of nitrogens with zero attached hydrogens (tertiary/aromatic N) is 6. The van der Waals surface area contributed by atoms with Crippen LogP contribution in [0.15, 0.2) is 36.0 Å². The van der Waals surface area contributed by atoms with Gasteiger partial charge in [0, 0.05) is 24.8 Å². The number of aromatic nitrogens is 4. The number of rotatable bonds is 9. The van der Waals surface area contributed by atoms with E-state index in [4.69, 9.17) is 26.5 Å². The summed E-state index contributed by atoms with van der Waals surface area (Å²) >= 11 is 6.35. The Morgan fingerprint density at radius 1 is 1.36 bits per heavy atom. The second-order valence-corrected chi connectivity index (χ2v) is 10.4. The normalized spacial score (nSPS) is 22.4. The molecule has 0 aromatic carbocycles. The highest BCUT2D eigenvalue weighted by Gasteiger charge is 2.35. The lowest BCUT2D eigenvalue weighted by Crippen LogP contribution is -2.57. The molecule has 2 aliphatic rings. The first kappa shape index (κ1) is 27.3. The van der Waals surface area contributed by atoms with E-state index in [-0.39, 0.29) is 35.6 Å². The van der Waals surface area contributed by atoms with Crippen LogP contribution >= 0.6 is 11.6 Å². The van der Waals surface area contributed by atoms with Gasteiger partial charge in [-0.1, -0.05) is 11.6 Å². The van der Waals surface area contributed by atoms with E-state index in [1.807, 2.05) is 0 Å². The van der Waals surface area contributed by atoms with Gasteiger partial charge in [0.25, 0.3) is 0 Å². The summed E-state index contributed by atoms with van der Waals surface area (Å²) in [7, 11) is 0. The fourth-order valence-corrected chi connectivity index (χ4v) is 4.74. The lowest BCUT2D eigenvalue weighted by molar-refractivity contribution is -0.0818. The summed E-state index contributed by atoms with van der Waals surface area (Å²) in [5.41, 5.74) is 2.58. The molecule has 2 unspecified atom stereocenters. The van der Waals surface area contributed by atoms with Gasteiger partial charge < -0.3 is 25.4 Å². The van der Waals surface area contributed by atoms with Gasteiger partial charge in [0.05, 0.1) is 54.6 Å².